The molecule has 3 aliphatic rings. The average Bonchev–Trinajstić information content (AvgIpc) is 1.54. The Morgan fingerprint density at radius 2 is 0.830 bits per heavy atom. The van der Waals surface area contributed by atoms with E-state index in [2.05, 4.69) is 353 Å². The van der Waals surface area contributed by atoms with Crippen LogP contribution in [0.1, 0.15) is 35.0 Å². The monoisotopic (exact) mass is 1740 g/mol. The Bertz CT molecular complexity index is 8550. The highest BCUT2D eigenvalue weighted by Crippen LogP contribution is 2.55. The number of allylic oxidation sites excluding steroid dienone is 13. The van der Waals surface area contributed by atoms with E-state index in [9.17, 15) is 0 Å². The molecule has 646 valence electrons. The maximum Gasteiger partial charge on any atom is 0.158 e. The summed E-state index contributed by atoms with van der Waals surface area (Å²) in [5.74, 6) is 0.386. The number of hydrogen-bond donors (Lipinski definition) is 1. The Morgan fingerprint density at radius 1 is 0.341 bits per heavy atom. The molecule has 0 saturated heterocycles. The molecule has 0 radical (unpaired) electrons. The quantitative estimate of drug-likeness (QED) is 0.0768. The van der Waals surface area contributed by atoms with Crippen molar-refractivity contribution >= 4 is 176 Å². The van der Waals surface area contributed by atoms with Gasteiger partial charge in [0.2, 0.25) is 0 Å². The molecule has 0 spiro atoms. The summed E-state index contributed by atoms with van der Waals surface area (Å²) >= 11 is 0. The molecule has 0 fully saturated rings. The summed E-state index contributed by atoms with van der Waals surface area (Å²) in [5, 5.41) is 19.2. The molecule has 9 heteroatoms. The molecule has 0 amide bonds. The number of hydrogen-bond acceptors (Lipinski definition) is 6. The molecular weight excluding hydrogens is 1650 g/mol. The predicted octanol–water partition coefficient (Wildman–Crippen LogP) is 35.2. The first-order chi connectivity index (χ1) is 66.6. The molecule has 2 aliphatic heterocycles. The van der Waals surface area contributed by atoms with Gasteiger partial charge < -0.3 is 41.9 Å². The highest BCUT2D eigenvalue weighted by molar-refractivity contribution is 6.25. The van der Waals surface area contributed by atoms with E-state index in [0.717, 1.165) is 112 Å². The molecule has 16 aromatic carbocycles. The van der Waals surface area contributed by atoms with E-state index < -0.39 is 0 Å². The van der Waals surface area contributed by atoms with Crippen molar-refractivity contribution in [3.63, 3.8) is 0 Å². The molecule has 1 aliphatic carbocycles. The summed E-state index contributed by atoms with van der Waals surface area (Å²) in [6.45, 7) is 25.1. The topological polar surface area (TPSA) is 72.2 Å². The third-order valence-corrected chi connectivity index (χ3v) is 26.3. The van der Waals surface area contributed by atoms with Gasteiger partial charge in [-0.2, -0.15) is 0 Å². The van der Waals surface area contributed by atoms with Crippen molar-refractivity contribution < 1.29 is 13.3 Å². The van der Waals surface area contributed by atoms with Crippen LogP contribution < -0.4 is 15.1 Å². The molecule has 135 heavy (non-hydrogen) atoms. The maximum atomic E-state index is 6.25. The summed E-state index contributed by atoms with van der Waals surface area (Å²) in [6.07, 6.45) is 24.3. The zero-order valence-corrected chi connectivity index (χ0v) is 74.5. The van der Waals surface area contributed by atoms with Crippen LogP contribution in [0.2, 0.25) is 0 Å². The average molecular weight is 1740 g/mol. The number of furan rings is 2. The van der Waals surface area contributed by atoms with Crippen molar-refractivity contribution in [2.75, 3.05) is 15.1 Å². The summed E-state index contributed by atoms with van der Waals surface area (Å²) in [4.78, 5) is 4.56. The normalized spacial score (nSPS) is 14.4. The van der Waals surface area contributed by atoms with Crippen molar-refractivity contribution in [1.29, 1.82) is 0 Å². The van der Waals surface area contributed by atoms with Crippen LogP contribution in [0.4, 0.5) is 39.8 Å². The molecule has 1 N–H and O–H groups in total. The Kier molecular flexibility index (Phi) is 22.1. The third-order valence-electron chi connectivity index (χ3n) is 26.3. The van der Waals surface area contributed by atoms with Crippen LogP contribution in [0.3, 0.4) is 0 Å². The van der Waals surface area contributed by atoms with Crippen LogP contribution in [0, 0.1) is 0 Å². The minimum Gasteiger partial charge on any atom is -0.464 e. The zero-order chi connectivity index (χ0) is 91.0. The highest BCUT2D eigenvalue weighted by atomic mass is 16.3. The minimum atomic E-state index is 0.0727. The number of fused-ring (bicyclic) bond motifs is 22. The fourth-order valence-corrected chi connectivity index (χ4v) is 20.2. The Balaban J connectivity index is 0.000000111. The molecule has 26 rings (SSSR count). The first-order valence-electron chi connectivity index (χ1n) is 45.7. The summed E-state index contributed by atoms with van der Waals surface area (Å²) in [7, 11) is 0. The Labute approximate surface area is 782 Å². The van der Waals surface area contributed by atoms with Crippen LogP contribution in [0.25, 0.3) is 148 Å². The van der Waals surface area contributed by atoms with Crippen molar-refractivity contribution in [1.82, 2.24) is 13.5 Å². The van der Waals surface area contributed by atoms with Gasteiger partial charge in [-0.15, -0.1) is 13.2 Å². The van der Waals surface area contributed by atoms with Gasteiger partial charge in [0, 0.05) is 133 Å². The van der Waals surface area contributed by atoms with Crippen LogP contribution >= 0.6 is 0 Å². The molecule has 4 atom stereocenters. The SMILES string of the molecule is C1=CC2c3cc(N(c4ccc(-c5ccccc5)cc4)c4ccc5oc6ccccc6c5c4)cc4c5ccccc5n(c34)C2C=C1.C=C/C=C\C(=C)C(=C)/C=C\C(=C)N(c1cccc2ccccc2occ1)c1cc2c3c(c1)c1ccccc1n3C(C=C)C2C=C.c1ccc2c(c1)oc1c(Nc3cc4c5ccccc5n5c6ccccc6c(c3)c45)cccc12.c1ccccc1.c1ccccc1. The number of aromatic nitrogens is 3. The standard InChI is InChI=1S/C42H28N2O.C42H36N2O.C30H18N2O.2C6H6/c1-2-10-27(11-3-1)28-18-20-29(21-19-28)43(30-22-23-41-35(24-30)34-14-6-9-17-40(34)45-41)31-25-36-32-12-4-7-15-38(32)44-39-16-8-5-13-33(39)37(26-31)42(36)44;1-7-10-16-29(4)30(5)23-24-31(6)43(33-19-15-18-32-17-11-14-22-41(32)45-26-25-33)34-27-37-35(8-2)39(9-3)44-40-21-13-12-20-36(40)38(28-34)42(37)44;1-4-13-26-19(8-1)23-16-18(17-24-20-9-2-5-14-27(20)32(26)29(23)24)31-25-12-7-11-22-21-10-3-6-15-28(21)33-30(22)25;2*1-2-4-6-5-3-1/h1-26,32,38H;7-28,35,39H,1-6H2;1-17,31H;2*1-6H/b;16-10-,18-15?,24-23-,26-25?,33-19?;;;. The molecule has 9 heterocycles. The van der Waals surface area contributed by atoms with E-state index in [-0.39, 0.29) is 18.0 Å². The van der Waals surface area contributed by atoms with Gasteiger partial charge in [-0.1, -0.05) is 354 Å². The molecular formula is C126H94N6O3. The number of nitrogens with one attached hydrogen (secondary N) is 1. The molecule has 0 saturated carbocycles. The maximum absolute atomic E-state index is 6.25. The van der Waals surface area contributed by atoms with Crippen LogP contribution in [0.5, 0.6) is 0 Å². The van der Waals surface area contributed by atoms with E-state index in [1.54, 1.807) is 12.3 Å². The number of rotatable bonds is 16. The predicted molar refractivity (Wildman–Crippen MR) is 571 cm³/mol. The lowest BCUT2D eigenvalue weighted by Gasteiger charge is -2.27. The van der Waals surface area contributed by atoms with E-state index in [0.29, 0.717) is 5.92 Å². The van der Waals surface area contributed by atoms with Crippen molar-refractivity contribution in [3.05, 3.63) is 535 Å². The van der Waals surface area contributed by atoms with Gasteiger partial charge in [-0.05, 0) is 167 Å². The van der Waals surface area contributed by atoms with Crippen molar-refractivity contribution in [3.8, 4) is 11.1 Å². The molecule has 7 aromatic heterocycles. The molecule has 23 aromatic rings. The van der Waals surface area contributed by atoms with Gasteiger partial charge in [0.15, 0.2) is 5.58 Å². The van der Waals surface area contributed by atoms with Crippen LogP contribution in [-0.4, -0.2) is 13.5 Å². The fourth-order valence-electron chi connectivity index (χ4n) is 20.2. The number of para-hydroxylation sites is 8. The van der Waals surface area contributed by atoms with Crippen molar-refractivity contribution in [2.45, 2.75) is 23.9 Å². The second-order valence-electron chi connectivity index (χ2n) is 34.2. The molecule has 0 bridgehead atoms. The van der Waals surface area contributed by atoms with Gasteiger partial charge >= 0.3 is 0 Å². The molecule has 4 unspecified atom stereocenters. The second kappa shape index (κ2) is 36.0. The van der Waals surface area contributed by atoms with Gasteiger partial charge in [0.1, 0.15) is 22.3 Å². The summed E-state index contributed by atoms with van der Waals surface area (Å²) < 4.78 is 25.9. The fraction of sp³-hybridized carbons (Fsp3) is 0.0317. The summed E-state index contributed by atoms with van der Waals surface area (Å²) in [5.41, 5.74) is 27.8. The summed E-state index contributed by atoms with van der Waals surface area (Å²) in [6, 6.07) is 138. The zero-order valence-electron chi connectivity index (χ0n) is 74.5. The number of nitrogens with zero attached hydrogens (tertiary/aromatic N) is 5. The van der Waals surface area contributed by atoms with Gasteiger partial charge in [0.25, 0.3) is 0 Å². The number of anilines is 7. The van der Waals surface area contributed by atoms with Gasteiger partial charge in [0.05, 0.1) is 51.6 Å². The lowest BCUT2D eigenvalue weighted by atomic mass is 9.89. The third kappa shape index (κ3) is 15.2. The first-order valence-corrected chi connectivity index (χ1v) is 45.7. The van der Waals surface area contributed by atoms with Gasteiger partial charge in [-0.3, -0.25) is 0 Å². The molecule has 9 nitrogen and oxygen atoms in total. The van der Waals surface area contributed by atoms with E-state index in [1.807, 2.05) is 170 Å². The minimum absolute atomic E-state index is 0.0727. The lowest BCUT2D eigenvalue weighted by molar-refractivity contribution is 0.607. The Morgan fingerprint density at radius 3 is 1.48 bits per heavy atom. The second-order valence-corrected chi connectivity index (χ2v) is 34.2. The first kappa shape index (κ1) is 83.0. The largest absolute Gasteiger partial charge is 0.464 e. The van der Waals surface area contributed by atoms with Crippen molar-refractivity contribution in [2.24, 2.45) is 0 Å². The van der Waals surface area contributed by atoms with Crippen LogP contribution in [-0.2, 0) is 0 Å². The number of benzene rings is 16. The van der Waals surface area contributed by atoms with Gasteiger partial charge in [-0.25, -0.2) is 0 Å². The lowest BCUT2D eigenvalue weighted by Crippen LogP contribution is -2.14. The Hall–Kier alpha value is -17.7. The van der Waals surface area contributed by atoms with E-state index in [1.165, 1.54) is 104 Å². The highest BCUT2D eigenvalue weighted by Gasteiger charge is 2.37. The smallest absolute Gasteiger partial charge is 0.158 e. The van der Waals surface area contributed by atoms with E-state index in [4.69, 9.17) is 13.3 Å². The van der Waals surface area contributed by atoms with E-state index >= 15 is 0 Å². The van der Waals surface area contributed by atoms with Crippen LogP contribution in [0.15, 0.2) is 537 Å².